The number of hydrogen-bond acceptors (Lipinski definition) is 2. The Hall–Kier alpha value is -3.14. The molecule has 0 heterocycles. The average molecular weight is 509 g/mol. The number of allylic oxidation sites excluding steroid dienone is 5. The Balaban J connectivity index is 0.00000161. The fraction of sp³-hybridized carbons (Fsp3) is 0.314. The minimum atomic E-state index is -1.53. The number of hydrogen-bond donors (Lipinski definition) is 2. The van der Waals surface area contributed by atoms with E-state index in [1.54, 1.807) is 0 Å². The molecule has 0 aliphatic heterocycles. The summed E-state index contributed by atoms with van der Waals surface area (Å²) in [6.45, 7) is 20.9. The largest absolute Gasteiger partial charge is 0.489 e. The van der Waals surface area contributed by atoms with Gasteiger partial charge in [-0.1, -0.05) is 101 Å². The molecular formula is C35H45BO2. The van der Waals surface area contributed by atoms with Crippen LogP contribution in [0.15, 0.2) is 85.0 Å². The Labute approximate surface area is 231 Å². The second kappa shape index (κ2) is 14.7. The van der Waals surface area contributed by atoms with Crippen LogP contribution in [0, 0.1) is 13.8 Å². The molecule has 0 saturated heterocycles. The highest BCUT2D eigenvalue weighted by Gasteiger charge is 2.23. The summed E-state index contributed by atoms with van der Waals surface area (Å²) >= 11 is 0. The molecular weight excluding hydrogens is 463 g/mol. The summed E-state index contributed by atoms with van der Waals surface area (Å²) in [5.74, 6) is 0.299. The van der Waals surface area contributed by atoms with Crippen LogP contribution >= 0.6 is 0 Å². The lowest BCUT2D eigenvalue weighted by atomic mass is 9.71. The van der Waals surface area contributed by atoms with Crippen molar-refractivity contribution in [3.8, 4) is 22.3 Å². The standard InChI is InChI=1S/C32H37BO2.C3H8/c1-8-12-27(21(4)9-2)29-19-25(17-15-23(29)6)26-18-16-24(7)30(20-26)32-28(22(5)10-3)13-11-14-31(32)33(34)35;1-3-2/h8-9,11-20,22,34-35H,2,10H2,1,3-7H3;3H2,1-2H3/b12-8-,27-21+;. The lowest BCUT2D eigenvalue weighted by molar-refractivity contribution is 0.426. The third-order valence-electron chi connectivity index (χ3n) is 6.98. The van der Waals surface area contributed by atoms with Crippen molar-refractivity contribution in [1.29, 1.82) is 0 Å². The molecule has 1 atom stereocenters. The molecule has 0 bridgehead atoms. The van der Waals surface area contributed by atoms with Crippen LogP contribution in [0.1, 0.15) is 82.6 Å². The number of aryl methyl sites for hydroxylation is 2. The molecule has 0 aromatic heterocycles. The van der Waals surface area contributed by atoms with Crippen LogP contribution in [0.25, 0.3) is 27.8 Å². The fourth-order valence-electron chi connectivity index (χ4n) is 4.62. The molecule has 0 fully saturated rings. The lowest BCUT2D eigenvalue weighted by Gasteiger charge is -2.21. The Morgan fingerprint density at radius 3 is 2.11 bits per heavy atom. The third kappa shape index (κ3) is 7.25. The van der Waals surface area contributed by atoms with Crippen LogP contribution in [0.2, 0.25) is 0 Å². The van der Waals surface area contributed by atoms with Gasteiger partial charge >= 0.3 is 7.12 Å². The first-order valence-electron chi connectivity index (χ1n) is 13.8. The van der Waals surface area contributed by atoms with Gasteiger partial charge in [-0.05, 0) is 113 Å². The Kier molecular flexibility index (Phi) is 12.0. The summed E-state index contributed by atoms with van der Waals surface area (Å²) in [5, 5.41) is 20.4. The molecule has 0 saturated carbocycles. The van der Waals surface area contributed by atoms with Crippen molar-refractivity contribution in [3.05, 3.63) is 107 Å². The average Bonchev–Trinajstić information content (AvgIpc) is 2.91. The highest BCUT2D eigenvalue weighted by molar-refractivity contribution is 6.60. The monoisotopic (exact) mass is 508 g/mol. The van der Waals surface area contributed by atoms with Crippen LogP contribution in [0.5, 0.6) is 0 Å². The maximum Gasteiger partial charge on any atom is 0.489 e. The first-order chi connectivity index (χ1) is 18.1. The molecule has 2 N–H and O–H groups in total. The molecule has 1 unspecified atom stereocenters. The normalized spacial score (nSPS) is 12.5. The van der Waals surface area contributed by atoms with Crippen molar-refractivity contribution in [2.75, 3.05) is 0 Å². The molecule has 200 valence electrons. The maximum atomic E-state index is 10.2. The van der Waals surface area contributed by atoms with Crippen molar-refractivity contribution in [2.24, 2.45) is 0 Å². The van der Waals surface area contributed by atoms with E-state index in [9.17, 15) is 10.0 Å². The van der Waals surface area contributed by atoms with E-state index in [0.717, 1.165) is 45.4 Å². The minimum absolute atomic E-state index is 0.299. The lowest BCUT2D eigenvalue weighted by Crippen LogP contribution is -2.32. The van der Waals surface area contributed by atoms with Crippen molar-refractivity contribution in [1.82, 2.24) is 0 Å². The van der Waals surface area contributed by atoms with E-state index in [2.05, 4.69) is 110 Å². The molecule has 0 aliphatic carbocycles. The van der Waals surface area contributed by atoms with Crippen LogP contribution in [0.3, 0.4) is 0 Å². The van der Waals surface area contributed by atoms with Gasteiger partial charge in [0.2, 0.25) is 0 Å². The first kappa shape index (κ1) is 31.1. The molecule has 38 heavy (non-hydrogen) atoms. The van der Waals surface area contributed by atoms with Crippen molar-refractivity contribution in [2.45, 2.75) is 74.1 Å². The topological polar surface area (TPSA) is 40.5 Å². The summed E-state index contributed by atoms with van der Waals surface area (Å²) in [5.41, 5.74) is 11.7. The van der Waals surface area contributed by atoms with E-state index in [1.807, 2.05) is 25.1 Å². The van der Waals surface area contributed by atoms with Gasteiger partial charge in [0.05, 0.1) is 0 Å². The predicted octanol–water partition coefficient (Wildman–Crippen LogP) is 8.78. The number of benzene rings is 3. The highest BCUT2D eigenvalue weighted by Crippen LogP contribution is 2.36. The molecule has 3 aromatic rings. The first-order valence-corrected chi connectivity index (χ1v) is 13.8. The van der Waals surface area contributed by atoms with Gasteiger partial charge in [-0.15, -0.1) is 0 Å². The van der Waals surface area contributed by atoms with E-state index >= 15 is 0 Å². The van der Waals surface area contributed by atoms with Gasteiger partial charge in [0.25, 0.3) is 0 Å². The summed E-state index contributed by atoms with van der Waals surface area (Å²) in [7, 11) is -1.53. The third-order valence-corrected chi connectivity index (χ3v) is 6.98. The van der Waals surface area contributed by atoms with E-state index in [0.29, 0.717) is 11.4 Å². The molecule has 3 rings (SSSR count). The second-order valence-corrected chi connectivity index (χ2v) is 10.1. The van der Waals surface area contributed by atoms with E-state index in [-0.39, 0.29) is 0 Å². The number of rotatable bonds is 8. The quantitative estimate of drug-likeness (QED) is 0.236. The van der Waals surface area contributed by atoms with Crippen LogP contribution in [-0.2, 0) is 0 Å². The summed E-state index contributed by atoms with van der Waals surface area (Å²) < 4.78 is 0. The van der Waals surface area contributed by atoms with Gasteiger partial charge in [0.1, 0.15) is 0 Å². The molecule has 3 aromatic carbocycles. The SMILES string of the molecule is C=C/C(C)=C(\C=C/C)c1cc(-c2ccc(C)c(-c3c(B(O)O)cccc3C(C)CC)c2)ccc1C.CCC. The van der Waals surface area contributed by atoms with Crippen molar-refractivity contribution < 1.29 is 10.0 Å². The minimum Gasteiger partial charge on any atom is -0.423 e. The van der Waals surface area contributed by atoms with Gasteiger partial charge in [-0.3, -0.25) is 0 Å². The van der Waals surface area contributed by atoms with Crippen LogP contribution in [0.4, 0.5) is 0 Å². The zero-order valence-electron chi connectivity index (χ0n) is 24.6. The van der Waals surface area contributed by atoms with Gasteiger partial charge in [-0.2, -0.15) is 0 Å². The molecule has 3 heteroatoms. The Morgan fingerprint density at radius 1 is 0.947 bits per heavy atom. The highest BCUT2D eigenvalue weighted by atomic mass is 16.4. The summed E-state index contributed by atoms with van der Waals surface area (Å²) in [6, 6.07) is 18.9. The van der Waals surface area contributed by atoms with E-state index in [1.165, 1.54) is 23.1 Å². The smallest absolute Gasteiger partial charge is 0.423 e. The molecule has 0 amide bonds. The van der Waals surface area contributed by atoms with Crippen LogP contribution < -0.4 is 5.46 Å². The van der Waals surface area contributed by atoms with Crippen LogP contribution in [-0.4, -0.2) is 17.2 Å². The second-order valence-electron chi connectivity index (χ2n) is 10.1. The predicted molar refractivity (Wildman–Crippen MR) is 169 cm³/mol. The summed E-state index contributed by atoms with van der Waals surface area (Å²) in [4.78, 5) is 0. The maximum absolute atomic E-state index is 10.2. The summed E-state index contributed by atoms with van der Waals surface area (Å²) in [6.07, 6.45) is 8.33. The van der Waals surface area contributed by atoms with Crippen molar-refractivity contribution >= 4 is 18.2 Å². The Bertz CT molecular complexity index is 1300. The molecule has 0 spiro atoms. The fourth-order valence-corrected chi connectivity index (χ4v) is 4.62. The van der Waals surface area contributed by atoms with E-state index < -0.39 is 7.12 Å². The molecule has 0 radical (unpaired) electrons. The molecule has 2 nitrogen and oxygen atoms in total. The van der Waals surface area contributed by atoms with Crippen molar-refractivity contribution in [3.63, 3.8) is 0 Å². The zero-order chi connectivity index (χ0) is 28.4. The van der Waals surface area contributed by atoms with Gasteiger partial charge in [-0.25, -0.2) is 0 Å². The van der Waals surface area contributed by atoms with E-state index in [4.69, 9.17) is 0 Å². The van der Waals surface area contributed by atoms with Gasteiger partial charge < -0.3 is 10.0 Å². The zero-order valence-corrected chi connectivity index (χ0v) is 24.6. The van der Waals surface area contributed by atoms with Gasteiger partial charge in [0, 0.05) is 0 Å². The van der Waals surface area contributed by atoms with Gasteiger partial charge in [0.15, 0.2) is 0 Å². The Morgan fingerprint density at radius 2 is 1.55 bits per heavy atom. The molecule has 0 aliphatic rings.